The van der Waals surface area contributed by atoms with Gasteiger partial charge in [0, 0.05) is 24.7 Å². The lowest BCUT2D eigenvalue weighted by Crippen LogP contribution is -2.43. The van der Waals surface area contributed by atoms with E-state index in [-0.39, 0.29) is 28.1 Å². The number of nitro benzene ring substituents is 1. The van der Waals surface area contributed by atoms with Crippen molar-refractivity contribution in [2.24, 2.45) is 0 Å². The Labute approximate surface area is 157 Å². The average molecular weight is 382 g/mol. The van der Waals surface area contributed by atoms with Crippen LogP contribution in [0.3, 0.4) is 0 Å². The Hall–Kier alpha value is -4.08. The van der Waals surface area contributed by atoms with Crippen LogP contribution in [0.1, 0.15) is 38.0 Å². The van der Waals surface area contributed by atoms with Crippen LogP contribution in [0.5, 0.6) is 0 Å². The molecule has 1 heterocycles. The maximum Gasteiger partial charge on any atom is 0.270 e. The molecule has 1 aliphatic rings. The molecule has 0 N–H and O–H groups in total. The Bertz CT molecular complexity index is 1050. The number of non-ortho nitro benzene ring substituents is 1. The van der Waals surface area contributed by atoms with Gasteiger partial charge in [-0.25, -0.2) is 0 Å². The zero-order valence-electron chi connectivity index (χ0n) is 14.4. The highest BCUT2D eigenvalue weighted by Crippen LogP contribution is 2.28. The second-order valence-corrected chi connectivity index (χ2v) is 5.95. The van der Waals surface area contributed by atoms with Crippen LogP contribution >= 0.6 is 0 Å². The van der Waals surface area contributed by atoms with Gasteiger partial charge in [-0.1, -0.05) is 12.1 Å². The van der Waals surface area contributed by atoms with Crippen molar-refractivity contribution in [2.75, 3.05) is 11.6 Å². The number of amides is 3. The first-order valence-corrected chi connectivity index (χ1v) is 7.95. The molecule has 0 saturated heterocycles. The van der Waals surface area contributed by atoms with E-state index in [1.165, 1.54) is 37.3 Å². The molecule has 0 saturated carbocycles. The first-order chi connectivity index (χ1) is 13.2. The molecule has 3 rings (SSSR count). The van der Waals surface area contributed by atoms with Gasteiger partial charge in [-0.2, -0.15) is 0 Å². The number of nitrogens with zero attached hydrogens (tertiary/aromatic N) is 3. The van der Waals surface area contributed by atoms with Gasteiger partial charge in [-0.05, 0) is 23.8 Å². The maximum absolute atomic E-state index is 12.6. The molecule has 10 heteroatoms. The van der Waals surface area contributed by atoms with E-state index in [0.29, 0.717) is 0 Å². The van der Waals surface area contributed by atoms with E-state index in [0.717, 1.165) is 21.9 Å². The highest BCUT2D eigenvalue weighted by molar-refractivity contribution is 6.22. The molecule has 10 nitrogen and oxygen atoms in total. The molecule has 142 valence electrons. The zero-order chi connectivity index (χ0) is 20.6. The summed E-state index contributed by atoms with van der Waals surface area (Å²) in [4.78, 5) is 60.3. The third-order valence-corrected chi connectivity index (χ3v) is 4.22. The van der Waals surface area contributed by atoms with Crippen molar-refractivity contribution >= 4 is 35.1 Å². The van der Waals surface area contributed by atoms with E-state index in [2.05, 4.69) is 0 Å². The number of aromatic carboxylic acids is 1. The third-order valence-electron chi connectivity index (χ3n) is 4.22. The monoisotopic (exact) mass is 382 g/mol. The molecule has 0 aromatic heterocycles. The Kier molecular flexibility index (Phi) is 4.62. The first-order valence-electron chi connectivity index (χ1n) is 7.95. The summed E-state index contributed by atoms with van der Waals surface area (Å²) in [6, 6.07) is 8.59. The van der Waals surface area contributed by atoms with E-state index >= 15 is 0 Å². The van der Waals surface area contributed by atoms with Crippen molar-refractivity contribution in [3.05, 3.63) is 69.3 Å². The molecule has 0 radical (unpaired) electrons. The van der Waals surface area contributed by atoms with E-state index in [4.69, 9.17) is 0 Å². The lowest BCUT2D eigenvalue weighted by atomic mass is 10.1. The van der Waals surface area contributed by atoms with Crippen molar-refractivity contribution in [3.8, 4) is 0 Å². The van der Waals surface area contributed by atoms with Crippen LogP contribution in [0.2, 0.25) is 0 Å². The van der Waals surface area contributed by atoms with Gasteiger partial charge in [-0.3, -0.25) is 34.3 Å². The number of nitro groups is 1. The molecule has 3 amide bonds. The smallest absolute Gasteiger partial charge is 0.270 e. The highest BCUT2D eigenvalue weighted by Gasteiger charge is 2.38. The molecule has 0 bridgehead atoms. The Morgan fingerprint density at radius 1 is 1.07 bits per heavy atom. The molecule has 0 spiro atoms. The van der Waals surface area contributed by atoms with Gasteiger partial charge < -0.3 is 9.90 Å². The number of carboxylic acids is 1. The van der Waals surface area contributed by atoms with Crippen molar-refractivity contribution in [1.29, 1.82) is 0 Å². The first kappa shape index (κ1) is 18.7. The number of hydrogen-bond donors (Lipinski definition) is 0. The quantitative estimate of drug-likeness (QED) is 0.418. The number of imide groups is 1. The van der Waals surface area contributed by atoms with Crippen molar-refractivity contribution < 1.29 is 29.2 Å². The number of fused-ring (bicyclic) bond motifs is 1. The molecular formula is C18H12N3O7-. The summed E-state index contributed by atoms with van der Waals surface area (Å²) in [6.07, 6.45) is 0. The van der Waals surface area contributed by atoms with Gasteiger partial charge in [0.05, 0.1) is 22.0 Å². The van der Waals surface area contributed by atoms with Gasteiger partial charge >= 0.3 is 0 Å². The molecule has 2 aromatic rings. The molecule has 0 fully saturated rings. The topological polar surface area (TPSA) is 141 Å². The minimum atomic E-state index is -1.45. The molecule has 0 unspecified atom stereocenters. The number of carboxylic acid groups (broad SMARTS) is 1. The molecule has 0 atom stereocenters. The van der Waals surface area contributed by atoms with Crippen molar-refractivity contribution in [3.63, 3.8) is 0 Å². The number of carbonyl (C=O) groups excluding carboxylic acids is 4. The van der Waals surface area contributed by atoms with Crippen LogP contribution < -0.4 is 10.0 Å². The van der Waals surface area contributed by atoms with Gasteiger partial charge in [0.15, 0.2) is 0 Å². The van der Waals surface area contributed by atoms with Gasteiger partial charge in [0.1, 0.15) is 6.67 Å². The number of benzene rings is 2. The fraction of sp³-hybridized carbons (Fsp3) is 0.111. The molecular weight excluding hydrogens is 370 g/mol. The van der Waals surface area contributed by atoms with E-state index in [9.17, 15) is 34.4 Å². The fourth-order valence-corrected chi connectivity index (χ4v) is 2.83. The van der Waals surface area contributed by atoms with Crippen molar-refractivity contribution in [2.45, 2.75) is 6.92 Å². The lowest BCUT2D eigenvalue weighted by molar-refractivity contribution is -0.384. The van der Waals surface area contributed by atoms with E-state index in [1.807, 2.05) is 0 Å². The third kappa shape index (κ3) is 3.18. The molecule has 28 heavy (non-hydrogen) atoms. The molecule has 2 aromatic carbocycles. The summed E-state index contributed by atoms with van der Waals surface area (Å²) in [6.45, 7) is 0.709. The summed E-state index contributed by atoms with van der Waals surface area (Å²) in [7, 11) is 0. The molecule has 0 aliphatic carbocycles. The highest BCUT2D eigenvalue weighted by atomic mass is 16.6. The predicted octanol–water partition coefficient (Wildman–Crippen LogP) is 0.565. The maximum atomic E-state index is 12.6. The normalized spacial score (nSPS) is 12.7. The van der Waals surface area contributed by atoms with Crippen LogP contribution in [-0.2, 0) is 4.79 Å². The largest absolute Gasteiger partial charge is 0.545 e. The second-order valence-electron chi connectivity index (χ2n) is 5.95. The van der Waals surface area contributed by atoms with E-state index < -0.39 is 35.3 Å². The Balaban J connectivity index is 1.94. The summed E-state index contributed by atoms with van der Waals surface area (Å²) >= 11 is 0. The van der Waals surface area contributed by atoms with Crippen molar-refractivity contribution in [1.82, 2.24) is 4.90 Å². The predicted molar refractivity (Wildman–Crippen MR) is 92.4 cm³/mol. The Morgan fingerprint density at radius 2 is 1.75 bits per heavy atom. The SMILES string of the molecule is CC(=O)N(CN1C(=O)c2ccc([N+](=O)[O-])cc2C1=O)c1cccc(C(=O)[O-])c1. The number of anilines is 1. The second kappa shape index (κ2) is 6.91. The molecule has 1 aliphatic heterocycles. The van der Waals surface area contributed by atoms with Gasteiger partial charge in [0.2, 0.25) is 5.91 Å². The summed E-state index contributed by atoms with van der Waals surface area (Å²) in [5.41, 5.74) is -0.515. The van der Waals surface area contributed by atoms with Gasteiger partial charge in [-0.15, -0.1) is 0 Å². The number of rotatable bonds is 5. The number of hydrogen-bond acceptors (Lipinski definition) is 7. The zero-order valence-corrected chi connectivity index (χ0v) is 14.4. The van der Waals surface area contributed by atoms with Crippen LogP contribution in [-0.4, -0.2) is 40.2 Å². The van der Waals surface area contributed by atoms with Crippen LogP contribution in [0.4, 0.5) is 11.4 Å². The Morgan fingerprint density at radius 3 is 2.36 bits per heavy atom. The fourth-order valence-electron chi connectivity index (χ4n) is 2.83. The summed E-state index contributed by atoms with van der Waals surface area (Å²) in [5, 5.41) is 21.9. The lowest BCUT2D eigenvalue weighted by Gasteiger charge is -2.26. The van der Waals surface area contributed by atoms with Crippen LogP contribution in [0.25, 0.3) is 0 Å². The summed E-state index contributed by atoms with van der Waals surface area (Å²) in [5.74, 6) is -3.49. The van der Waals surface area contributed by atoms with Crippen LogP contribution in [0, 0.1) is 10.1 Å². The van der Waals surface area contributed by atoms with E-state index in [1.54, 1.807) is 0 Å². The van der Waals surface area contributed by atoms with Crippen LogP contribution in [0.15, 0.2) is 42.5 Å². The minimum Gasteiger partial charge on any atom is -0.545 e. The average Bonchev–Trinajstić information content (AvgIpc) is 2.89. The minimum absolute atomic E-state index is 0.0115. The van der Waals surface area contributed by atoms with Gasteiger partial charge in [0.25, 0.3) is 17.5 Å². The number of carbonyl (C=O) groups is 4. The standard InChI is InChI=1S/C18H13N3O7/c1-10(22)19(12-4-2-3-11(7-12)18(25)26)9-20-16(23)14-6-5-13(21(27)28)8-15(14)17(20)24/h2-8H,9H2,1H3,(H,25,26)/p-1. The summed E-state index contributed by atoms with van der Waals surface area (Å²) < 4.78 is 0.